The standard InChI is InChI=1S/C18H18O6/c1-11(18(22)23)7-8-24-13-9-14(19)16(15(20)10-13)17(21)12-5-3-2-4-6-12/h2-6,9-11,19-20H,7-8H2,1H3,(H,22,23)/t11-/m0/s1. The van der Waals surface area contributed by atoms with E-state index in [0.29, 0.717) is 5.56 Å². The third-order valence-corrected chi connectivity index (χ3v) is 3.57. The lowest BCUT2D eigenvalue weighted by atomic mass is 10.0. The Bertz CT molecular complexity index is 715. The second kappa shape index (κ2) is 7.50. The highest BCUT2D eigenvalue weighted by atomic mass is 16.5. The Labute approximate surface area is 138 Å². The first-order valence-corrected chi connectivity index (χ1v) is 7.41. The number of benzene rings is 2. The van der Waals surface area contributed by atoms with E-state index in [9.17, 15) is 19.8 Å². The normalized spacial score (nSPS) is 11.7. The number of carboxylic acids is 1. The van der Waals surface area contributed by atoms with E-state index >= 15 is 0 Å². The number of rotatable bonds is 7. The van der Waals surface area contributed by atoms with Gasteiger partial charge in [-0.15, -0.1) is 0 Å². The van der Waals surface area contributed by atoms with Crippen LogP contribution in [0.1, 0.15) is 29.3 Å². The number of phenolic OH excluding ortho intramolecular Hbond substituents is 2. The zero-order chi connectivity index (χ0) is 17.7. The molecule has 0 aliphatic carbocycles. The molecule has 0 saturated heterocycles. The van der Waals surface area contributed by atoms with Gasteiger partial charge in [0.2, 0.25) is 5.78 Å². The molecule has 0 unspecified atom stereocenters. The number of carbonyl (C=O) groups excluding carboxylic acids is 1. The van der Waals surface area contributed by atoms with E-state index < -0.39 is 29.2 Å². The number of phenols is 2. The lowest BCUT2D eigenvalue weighted by molar-refractivity contribution is -0.141. The fraction of sp³-hybridized carbons (Fsp3) is 0.222. The largest absolute Gasteiger partial charge is 0.507 e. The average Bonchev–Trinajstić information content (AvgIpc) is 2.54. The molecule has 6 nitrogen and oxygen atoms in total. The number of ether oxygens (including phenoxy) is 1. The van der Waals surface area contributed by atoms with Crippen LogP contribution in [0.3, 0.4) is 0 Å². The van der Waals surface area contributed by atoms with Crippen molar-refractivity contribution >= 4 is 11.8 Å². The smallest absolute Gasteiger partial charge is 0.306 e. The maximum atomic E-state index is 12.4. The highest BCUT2D eigenvalue weighted by Crippen LogP contribution is 2.34. The molecule has 1 atom stereocenters. The molecule has 0 bridgehead atoms. The van der Waals surface area contributed by atoms with Crippen LogP contribution in [0.15, 0.2) is 42.5 Å². The molecule has 2 aromatic carbocycles. The van der Waals surface area contributed by atoms with Crippen LogP contribution in [0.5, 0.6) is 17.2 Å². The Balaban J connectivity index is 2.14. The summed E-state index contributed by atoms with van der Waals surface area (Å²) in [5.41, 5.74) is 0.138. The molecular weight excluding hydrogens is 312 g/mol. The third-order valence-electron chi connectivity index (χ3n) is 3.57. The van der Waals surface area contributed by atoms with Crippen molar-refractivity contribution in [3.05, 3.63) is 53.6 Å². The predicted molar refractivity (Wildman–Crippen MR) is 86.6 cm³/mol. The van der Waals surface area contributed by atoms with Gasteiger partial charge in [0.05, 0.1) is 12.5 Å². The van der Waals surface area contributed by atoms with Gasteiger partial charge >= 0.3 is 5.97 Å². The number of carboxylic acid groups (broad SMARTS) is 1. The van der Waals surface area contributed by atoms with E-state index in [1.165, 1.54) is 12.1 Å². The van der Waals surface area contributed by atoms with Gasteiger partial charge in [0.1, 0.15) is 22.8 Å². The summed E-state index contributed by atoms with van der Waals surface area (Å²) in [6.07, 6.45) is 0.279. The van der Waals surface area contributed by atoms with Gasteiger partial charge in [-0.3, -0.25) is 9.59 Å². The van der Waals surface area contributed by atoms with Gasteiger partial charge in [-0.25, -0.2) is 0 Å². The van der Waals surface area contributed by atoms with Gasteiger partial charge in [0.25, 0.3) is 0 Å². The van der Waals surface area contributed by atoms with E-state index in [-0.39, 0.29) is 24.3 Å². The van der Waals surface area contributed by atoms with Crippen LogP contribution in [-0.2, 0) is 4.79 Å². The van der Waals surface area contributed by atoms with Crippen molar-refractivity contribution in [3.8, 4) is 17.2 Å². The second-order valence-electron chi connectivity index (χ2n) is 5.41. The molecule has 0 heterocycles. The molecule has 0 radical (unpaired) electrons. The van der Waals surface area contributed by atoms with Gasteiger partial charge in [0, 0.05) is 17.7 Å². The Morgan fingerprint density at radius 2 is 1.67 bits per heavy atom. The van der Waals surface area contributed by atoms with E-state index in [4.69, 9.17) is 9.84 Å². The lowest BCUT2D eigenvalue weighted by Crippen LogP contribution is -2.13. The molecule has 6 heteroatoms. The first-order chi connectivity index (χ1) is 11.4. The minimum atomic E-state index is -0.923. The van der Waals surface area contributed by atoms with Crippen LogP contribution in [0, 0.1) is 5.92 Å². The van der Waals surface area contributed by atoms with Gasteiger partial charge < -0.3 is 20.1 Å². The van der Waals surface area contributed by atoms with E-state index in [0.717, 1.165) is 0 Å². The molecule has 0 aliphatic heterocycles. The minimum Gasteiger partial charge on any atom is -0.507 e. The molecular formula is C18H18O6. The molecule has 2 aromatic rings. The zero-order valence-corrected chi connectivity index (χ0v) is 13.1. The van der Waals surface area contributed by atoms with Crippen LogP contribution < -0.4 is 4.74 Å². The second-order valence-corrected chi connectivity index (χ2v) is 5.41. The summed E-state index contributed by atoms with van der Waals surface area (Å²) in [5, 5.41) is 28.9. The molecule has 2 rings (SSSR count). The van der Waals surface area contributed by atoms with Crippen molar-refractivity contribution in [1.29, 1.82) is 0 Å². The summed E-state index contributed by atoms with van der Waals surface area (Å²) >= 11 is 0. The number of aliphatic carboxylic acids is 1. The first kappa shape index (κ1) is 17.3. The number of aromatic hydroxyl groups is 2. The van der Waals surface area contributed by atoms with Gasteiger partial charge in [-0.1, -0.05) is 37.3 Å². The molecule has 126 valence electrons. The molecule has 24 heavy (non-hydrogen) atoms. The minimum absolute atomic E-state index is 0.109. The van der Waals surface area contributed by atoms with Crippen LogP contribution in [-0.4, -0.2) is 33.7 Å². The third kappa shape index (κ3) is 4.04. The van der Waals surface area contributed by atoms with E-state index in [2.05, 4.69) is 0 Å². The van der Waals surface area contributed by atoms with Gasteiger partial charge in [-0.2, -0.15) is 0 Å². The summed E-state index contributed by atoms with van der Waals surface area (Å²) in [7, 11) is 0. The van der Waals surface area contributed by atoms with Gasteiger partial charge in [0.15, 0.2) is 0 Å². The van der Waals surface area contributed by atoms with Crippen molar-refractivity contribution in [2.75, 3.05) is 6.61 Å². The number of carbonyl (C=O) groups is 2. The van der Waals surface area contributed by atoms with E-state index in [1.54, 1.807) is 37.3 Å². The highest BCUT2D eigenvalue weighted by molar-refractivity contribution is 6.12. The van der Waals surface area contributed by atoms with Crippen molar-refractivity contribution in [2.24, 2.45) is 5.92 Å². The Kier molecular flexibility index (Phi) is 5.42. The molecule has 0 aliphatic rings. The zero-order valence-electron chi connectivity index (χ0n) is 13.1. The maximum absolute atomic E-state index is 12.4. The topological polar surface area (TPSA) is 104 Å². The Morgan fingerprint density at radius 1 is 1.08 bits per heavy atom. The lowest BCUT2D eigenvalue weighted by Gasteiger charge is -2.12. The SMILES string of the molecule is C[C@@H](CCOc1cc(O)c(C(=O)c2ccccc2)c(O)c1)C(=O)O. The molecule has 0 fully saturated rings. The molecule has 3 N–H and O–H groups in total. The molecule has 0 amide bonds. The summed E-state index contributed by atoms with van der Waals surface area (Å²) in [5.74, 6) is -2.63. The molecule has 0 aromatic heterocycles. The fourth-order valence-electron chi connectivity index (χ4n) is 2.11. The summed E-state index contributed by atoms with van der Waals surface area (Å²) in [4.78, 5) is 23.1. The average molecular weight is 330 g/mol. The van der Waals surface area contributed by atoms with Gasteiger partial charge in [-0.05, 0) is 6.42 Å². The number of ketones is 1. The summed E-state index contributed by atoms with van der Waals surface area (Å²) in [6, 6.07) is 10.7. The number of hydrogen-bond acceptors (Lipinski definition) is 5. The molecule has 0 spiro atoms. The monoisotopic (exact) mass is 330 g/mol. The van der Waals surface area contributed by atoms with Crippen molar-refractivity contribution < 1.29 is 29.6 Å². The Hall–Kier alpha value is -3.02. The Morgan fingerprint density at radius 3 is 2.21 bits per heavy atom. The summed E-state index contributed by atoms with van der Waals surface area (Å²) in [6.45, 7) is 1.67. The predicted octanol–water partition coefficient (Wildman–Crippen LogP) is 2.82. The highest BCUT2D eigenvalue weighted by Gasteiger charge is 2.20. The fourth-order valence-corrected chi connectivity index (χ4v) is 2.11. The van der Waals surface area contributed by atoms with Crippen LogP contribution in [0.4, 0.5) is 0 Å². The van der Waals surface area contributed by atoms with Crippen LogP contribution in [0.2, 0.25) is 0 Å². The first-order valence-electron chi connectivity index (χ1n) is 7.41. The molecule has 0 saturated carbocycles. The van der Waals surface area contributed by atoms with Crippen molar-refractivity contribution in [1.82, 2.24) is 0 Å². The summed E-state index contributed by atoms with van der Waals surface area (Å²) < 4.78 is 5.33. The van der Waals surface area contributed by atoms with E-state index in [1.807, 2.05) is 0 Å². The number of hydrogen-bond donors (Lipinski definition) is 3. The quantitative estimate of drug-likeness (QED) is 0.674. The van der Waals surface area contributed by atoms with Crippen molar-refractivity contribution in [2.45, 2.75) is 13.3 Å². The van der Waals surface area contributed by atoms with Crippen LogP contribution >= 0.6 is 0 Å². The van der Waals surface area contributed by atoms with Crippen molar-refractivity contribution in [3.63, 3.8) is 0 Å². The maximum Gasteiger partial charge on any atom is 0.306 e. The van der Waals surface area contributed by atoms with Crippen LogP contribution in [0.25, 0.3) is 0 Å².